The molecule has 0 bridgehead atoms. The van der Waals surface area contributed by atoms with Crippen molar-refractivity contribution in [3.8, 4) is 5.75 Å². The Bertz CT molecular complexity index is 743. The molecule has 2 aromatic carbocycles. The molecule has 0 aliphatic rings. The third-order valence-electron chi connectivity index (χ3n) is 3.59. The molecule has 24 heavy (non-hydrogen) atoms. The first-order valence-corrected chi connectivity index (χ1v) is 7.82. The maximum Gasteiger partial charge on any atom is 0.329 e. The Hall–Kier alpha value is -3.08. The van der Waals surface area contributed by atoms with Crippen molar-refractivity contribution >= 4 is 6.03 Å². The Morgan fingerprint density at radius 3 is 2.42 bits per heavy atom. The van der Waals surface area contributed by atoms with Crippen molar-refractivity contribution in [3.63, 3.8) is 0 Å². The summed E-state index contributed by atoms with van der Waals surface area (Å²) in [7, 11) is 0. The highest BCUT2D eigenvalue weighted by Gasteiger charge is 2.15. The summed E-state index contributed by atoms with van der Waals surface area (Å²) in [4.78, 5) is 18.3. The van der Waals surface area contributed by atoms with Crippen molar-refractivity contribution in [1.29, 1.82) is 0 Å². The highest BCUT2D eigenvalue weighted by Crippen LogP contribution is 2.10. The Balaban J connectivity index is 1.66. The first kappa shape index (κ1) is 15.8. The first-order valence-electron chi connectivity index (χ1n) is 7.82. The van der Waals surface area contributed by atoms with Gasteiger partial charge < -0.3 is 9.64 Å². The smallest absolute Gasteiger partial charge is 0.329 e. The molecular weight excluding hydrogens is 302 g/mol. The summed E-state index contributed by atoms with van der Waals surface area (Å²) in [6.07, 6.45) is 4.76. The molecule has 0 saturated heterocycles. The second-order valence-corrected chi connectivity index (χ2v) is 5.32. The number of hydrogen-bond donors (Lipinski definition) is 0. The van der Waals surface area contributed by atoms with Crippen LogP contribution in [0.2, 0.25) is 0 Å². The zero-order chi connectivity index (χ0) is 16.6. The van der Waals surface area contributed by atoms with Gasteiger partial charge in [-0.25, -0.2) is 9.78 Å². The Kier molecular flexibility index (Phi) is 5.24. The van der Waals surface area contributed by atoms with Crippen LogP contribution in [0.1, 0.15) is 5.56 Å². The largest absolute Gasteiger partial charge is 0.492 e. The lowest BCUT2D eigenvalue weighted by molar-refractivity contribution is 0.180. The number of ether oxygens (including phenoxy) is 1. The number of rotatable bonds is 6. The highest BCUT2D eigenvalue weighted by atomic mass is 16.5. The lowest BCUT2D eigenvalue weighted by Gasteiger charge is -2.23. The maximum absolute atomic E-state index is 12.6. The van der Waals surface area contributed by atoms with Crippen molar-refractivity contribution in [3.05, 3.63) is 84.9 Å². The molecule has 0 saturated carbocycles. The molecule has 0 aliphatic carbocycles. The standard InChI is InChI=1S/C19H19N3O2/c23-19(22-12-11-20-16-22)21(15-17-7-3-1-4-8-17)13-14-24-18-9-5-2-6-10-18/h1-12,16H,13-15H2. The molecule has 0 N–H and O–H groups in total. The summed E-state index contributed by atoms with van der Waals surface area (Å²) >= 11 is 0. The fourth-order valence-electron chi connectivity index (χ4n) is 2.37. The number of carbonyl (C=O) groups excluding carboxylic acids is 1. The van der Waals surface area contributed by atoms with Gasteiger partial charge in [-0.2, -0.15) is 0 Å². The van der Waals surface area contributed by atoms with E-state index < -0.39 is 0 Å². The minimum Gasteiger partial charge on any atom is -0.492 e. The van der Waals surface area contributed by atoms with Crippen molar-refractivity contribution in [1.82, 2.24) is 14.5 Å². The zero-order valence-electron chi connectivity index (χ0n) is 13.3. The summed E-state index contributed by atoms with van der Waals surface area (Å²) in [5, 5.41) is 0. The van der Waals surface area contributed by atoms with Gasteiger partial charge in [-0.1, -0.05) is 48.5 Å². The summed E-state index contributed by atoms with van der Waals surface area (Å²) in [6.45, 7) is 1.44. The van der Waals surface area contributed by atoms with Crippen LogP contribution in [-0.4, -0.2) is 33.6 Å². The van der Waals surface area contributed by atoms with Gasteiger partial charge in [0.2, 0.25) is 0 Å². The lowest BCUT2D eigenvalue weighted by atomic mass is 10.2. The molecule has 0 fully saturated rings. The molecule has 5 heteroatoms. The summed E-state index contributed by atoms with van der Waals surface area (Å²) in [6, 6.07) is 19.4. The van der Waals surface area contributed by atoms with E-state index in [-0.39, 0.29) is 6.03 Å². The number of carbonyl (C=O) groups is 1. The van der Waals surface area contributed by atoms with Crippen LogP contribution in [-0.2, 0) is 6.54 Å². The predicted octanol–water partition coefficient (Wildman–Crippen LogP) is 3.43. The molecule has 3 aromatic rings. The van der Waals surface area contributed by atoms with Crippen LogP contribution < -0.4 is 4.74 Å². The van der Waals surface area contributed by atoms with Crippen LogP contribution in [0.4, 0.5) is 4.79 Å². The zero-order valence-corrected chi connectivity index (χ0v) is 13.3. The Morgan fingerprint density at radius 1 is 1.04 bits per heavy atom. The van der Waals surface area contributed by atoms with Gasteiger partial charge in [-0.15, -0.1) is 0 Å². The van der Waals surface area contributed by atoms with Crippen LogP contribution in [0.25, 0.3) is 0 Å². The summed E-state index contributed by atoms with van der Waals surface area (Å²) in [5.74, 6) is 0.798. The van der Waals surface area contributed by atoms with Crippen molar-refractivity contribution in [2.24, 2.45) is 0 Å². The van der Waals surface area contributed by atoms with Gasteiger partial charge in [-0.05, 0) is 17.7 Å². The molecule has 0 radical (unpaired) electrons. The van der Waals surface area contributed by atoms with Crippen LogP contribution in [0, 0.1) is 0 Å². The van der Waals surface area contributed by atoms with Gasteiger partial charge in [0.25, 0.3) is 0 Å². The van der Waals surface area contributed by atoms with E-state index >= 15 is 0 Å². The molecule has 1 heterocycles. The number of benzene rings is 2. The molecular formula is C19H19N3O2. The van der Waals surface area contributed by atoms with E-state index in [1.165, 1.54) is 10.9 Å². The molecule has 5 nitrogen and oxygen atoms in total. The average Bonchev–Trinajstić information content (AvgIpc) is 3.17. The van der Waals surface area contributed by atoms with E-state index in [2.05, 4.69) is 4.98 Å². The number of nitrogens with zero attached hydrogens (tertiary/aromatic N) is 3. The van der Waals surface area contributed by atoms with E-state index in [4.69, 9.17) is 4.74 Å². The molecule has 1 amide bonds. The second-order valence-electron chi connectivity index (χ2n) is 5.32. The average molecular weight is 321 g/mol. The van der Waals surface area contributed by atoms with Gasteiger partial charge in [0.15, 0.2) is 0 Å². The molecule has 1 aromatic heterocycles. The van der Waals surface area contributed by atoms with E-state index in [1.807, 2.05) is 60.7 Å². The molecule has 0 unspecified atom stereocenters. The van der Waals surface area contributed by atoms with Gasteiger partial charge >= 0.3 is 6.03 Å². The number of amides is 1. The second kappa shape index (κ2) is 7.97. The number of aromatic nitrogens is 2. The van der Waals surface area contributed by atoms with Gasteiger partial charge in [-0.3, -0.25) is 4.57 Å². The van der Waals surface area contributed by atoms with E-state index in [0.717, 1.165) is 11.3 Å². The van der Waals surface area contributed by atoms with E-state index in [9.17, 15) is 4.79 Å². The lowest BCUT2D eigenvalue weighted by Crippen LogP contribution is -2.36. The quantitative estimate of drug-likeness (QED) is 0.699. The molecule has 0 aliphatic heterocycles. The molecule has 0 spiro atoms. The normalized spacial score (nSPS) is 10.3. The monoisotopic (exact) mass is 321 g/mol. The molecule has 3 rings (SSSR count). The van der Waals surface area contributed by atoms with Crippen molar-refractivity contribution in [2.75, 3.05) is 13.2 Å². The number of imidazole rings is 1. The van der Waals surface area contributed by atoms with Crippen LogP contribution >= 0.6 is 0 Å². The SMILES string of the molecule is O=C(N(CCOc1ccccc1)Cc1ccccc1)n1ccnc1. The molecule has 122 valence electrons. The minimum absolute atomic E-state index is 0.118. The summed E-state index contributed by atoms with van der Waals surface area (Å²) in [5.41, 5.74) is 1.07. The maximum atomic E-state index is 12.6. The third-order valence-corrected chi connectivity index (χ3v) is 3.59. The number of hydrogen-bond acceptors (Lipinski definition) is 3. The van der Waals surface area contributed by atoms with Crippen LogP contribution in [0.3, 0.4) is 0 Å². The Morgan fingerprint density at radius 2 is 1.75 bits per heavy atom. The van der Waals surface area contributed by atoms with E-state index in [1.54, 1.807) is 17.3 Å². The van der Waals surface area contributed by atoms with Gasteiger partial charge in [0, 0.05) is 18.9 Å². The minimum atomic E-state index is -0.118. The topological polar surface area (TPSA) is 47.4 Å². The van der Waals surface area contributed by atoms with Crippen LogP contribution in [0.5, 0.6) is 5.75 Å². The first-order chi connectivity index (χ1) is 11.8. The molecule has 0 atom stereocenters. The van der Waals surface area contributed by atoms with Crippen molar-refractivity contribution < 1.29 is 9.53 Å². The van der Waals surface area contributed by atoms with Crippen LogP contribution in [0.15, 0.2) is 79.4 Å². The van der Waals surface area contributed by atoms with Crippen molar-refractivity contribution in [2.45, 2.75) is 6.54 Å². The Labute approximate surface area is 141 Å². The summed E-state index contributed by atoms with van der Waals surface area (Å²) < 4.78 is 7.20. The van der Waals surface area contributed by atoms with Gasteiger partial charge in [0.1, 0.15) is 18.7 Å². The highest BCUT2D eigenvalue weighted by molar-refractivity contribution is 5.76. The fraction of sp³-hybridized carbons (Fsp3) is 0.158. The third kappa shape index (κ3) is 4.23. The predicted molar refractivity (Wildman–Crippen MR) is 91.8 cm³/mol. The fourth-order valence-corrected chi connectivity index (χ4v) is 2.37. The number of para-hydroxylation sites is 1. The van der Waals surface area contributed by atoms with Gasteiger partial charge in [0.05, 0.1) is 6.54 Å². The van der Waals surface area contributed by atoms with E-state index in [0.29, 0.717) is 19.7 Å².